The third kappa shape index (κ3) is 12.8. The first-order chi connectivity index (χ1) is 8.10. The van der Waals surface area contributed by atoms with Gasteiger partial charge in [-0.3, -0.25) is 9.47 Å². The van der Waals surface area contributed by atoms with Crippen LogP contribution in [-0.2, 0) is 9.47 Å². The Morgan fingerprint density at radius 3 is 1.44 bits per heavy atom. The lowest BCUT2D eigenvalue weighted by Gasteiger charge is -2.10. The van der Waals surface area contributed by atoms with Crippen LogP contribution in [0.2, 0.25) is 0 Å². The lowest BCUT2D eigenvalue weighted by atomic mass is 10.6. The fraction of sp³-hybridized carbons (Fsp3) is 0.857. The number of hydrogen-bond acceptors (Lipinski definition) is 3. The molecule has 0 saturated carbocycles. The van der Waals surface area contributed by atoms with Gasteiger partial charge in [0.15, 0.2) is 0 Å². The highest BCUT2D eigenvalue weighted by Gasteiger charge is 2.29. The summed E-state index contributed by atoms with van der Waals surface area (Å²) >= 11 is 0. The summed E-state index contributed by atoms with van der Waals surface area (Å²) in [5, 5.41) is 3.88. The maximum Gasteiger partial charge on any atom is 0.522 e. The van der Waals surface area contributed by atoms with E-state index in [1.54, 1.807) is 0 Å². The second-order valence-electron chi connectivity index (χ2n) is 2.77. The van der Waals surface area contributed by atoms with Gasteiger partial charge in [0.1, 0.15) is 0 Å². The van der Waals surface area contributed by atoms with Crippen molar-refractivity contribution < 1.29 is 40.6 Å². The minimum atomic E-state index is -4.79. The molecule has 11 heteroatoms. The maximum atomic E-state index is 11.5. The molecular formula is C7H10F6N2O3. The molecule has 0 fully saturated rings. The van der Waals surface area contributed by atoms with Gasteiger partial charge in [-0.1, -0.05) is 0 Å². The highest BCUT2D eigenvalue weighted by atomic mass is 19.4. The van der Waals surface area contributed by atoms with Crippen LogP contribution in [-0.4, -0.2) is 45.1 Å². The van der Waals surface area contributed by atoms with E-state index in [0.29, 0.717) is 0 Å². The Bertz CT molecular complexity index is 231. The first-order valence-electron chi connectivity index (χ1n) is 4.53. The lowest BCUT2D eigenvalue weighted by Crippen LogP contribution is -2.39. The number of carbonyl (C=O) groups excluding carboxylic acids is 1. The third-order valence-electron chi connectivity index (χ3n) is 1.31. The van der Waals surface area contributed by atoms with Crippen molar-refractivity contribution in [1.82, 2.24) is 10.6 Å². The molecule has 18 heavy (non-hydrogen) atoms. The Morgan fingerprint density at radius 1 is 0.833 bits per heavy atom. The number of ether oxygens (including phenoxy) is 2. The summed E-state index contributed by atoms with van der Waals surface area (Å²) in [5.74, 6) is 0. The van der Waals surface area contributed by atoms with Crippen LogP contribution in [0.3, 0.4) is 0 Å². The minimum Gasteiger partial charge on any atom is -0.336 e. The molecule has 2 N–H and O–H groups in total. The quantitative estimate of drug-likeness (QED) is 0.572. The zero-order chi connectivity index (χ0) is 14.2. The van der Waals surface area contributed by atoms with E-state index in [9.17, 15) is 31.1 Å². The van der Waals surface area contributed by atoms with Crippen LogP contribution in [0.1, 0.15) is 0 Å². The van der Waals surface area contributed by atoms with Gasteiger partial charge >= 0.3 is 18.8 Å². The molecule has 0 atom stereocenters. The summed E-state index contributed by atoms with van der Waals surface area (Å²) < 4.78 is 75.5. The molecule has 0 heterocycles. The molecule has 0 bridgehead atoms. The van der Waals surface area contributed by atoms with E-state index in [4.69, 9.17) is 0 Å². The number of halogens is 6. The molecule has 108 valence electrons. The Labute approximate surface area is 97.4 Å². The fourth-order valence-electron chi connectivity index (χ4n) is 0.725. The second kappa shape index (κ2) is 7.26. The van der Waals surface area contributed by atoms with Crippen molar-refractivity contribution in [3.63, 3.8) is 0 Å². The number of rotatable bonds is 6. The van der Waals surface area contributed by atoms with Gasteiger partial charge in [-0.2, -0.15) is 0 Å². The van der Waals surface area contributed by atoms with Crippen LogP contribution < -0.4 is 10.6 Å². The molecule has 0 aromatic carbocycles. The van der Waals surface area contributed by atoms with Crippen molar-refractivity contribution >= 4 is 6.03 Å². The van der Waals surface area contributed by atoms with E-state index in [0.717, 1.165) is 0 Å². The largest absolute Gasteiger partial charge is 0.522 e. The molecule has 0 aliphatic rings. The molecule has 0 rings (SSSR count). The van der Waals surface area contributed by atoms with E-state index in [-0.39, 0.29) is 0 Å². The predicted octanol–water partition coefficient (Wildman–Crippen LogP) is 1.36. The second-order valence-corrected chi connectivity index (χ2v) is 2.77. The van der Waals surface area contributed by atoms with Crippen LogP contribution in [0.15, 0.2) is 0 Å². The Hall–Kier alpha value is -1.23. The number of hydrogen-bond donors (Lipinski definition) is 2. The summed E-state index contributed by atoms with van der Waals surface area (Å²) in [6, 6.07) is -0.924. The normalized spacial score (nSPS) is 12.3. The van der Waals surface area contributed by atoms with Gasteiger partial charge in [0, 0.05) is 13.1 Å². The predicted molar refractivity (Wildman–Crippen MR) is 45.4 cm³/mol. The first-order valence-corrected chi connectivity index (χ1v) is 4.53. The van der Waals surface area contributed by atoms with E-state index in [2.05, 4.69) is 9.47 Å². The molecule has 5 nitrogen and oxygen atoms in total. The van der Waals surface area contributed by atoms with Crippen molar-refractivity contribution in [3.05, 3.63) is 0 Å². The number of nitrogens with one attached hydrogen (secondary N) is 2. The molecular weight excluding hydrogens is 274 g/mol. The van der Waals surface area contributed by atoms with Crippen molar-refractivity contribution in [1.29, 1.82) is 0 Å². The van der Waals surface area contributed by atoms with Gasteiger partial charge in [0.05, 0.1) is 13.2 Å². The van der Waals surface area contributed by atoms with Gasteiger partial charge < -0.3 is 10.6 Å². The first kappa shape index (κ1) is 16.8. The zero-order valence-corrected chi connectivity index (χ0v) is 8.82. The average molecular weight is 284 g/mol. The monoisotopic (exact) mass is 284 g/mol. The summed E-state index contributed by atoms with van der Waals surface area (Å²) in [5.41, 5.74) is 0. The number of urea groups is 1. The van der Waals surface area contributed by atoms with Crippen LogP contribution in [0.5, 0.6) is 0 Å². The number of alkyl halides is 6. The third-order valence-corrected chi connectivity index (χ3v) is 1.31. The Balaban J connectivity index is 3.44. The number of amides is 2. The van der Waals surface area contributed by atoms with Crippen molar-refractivity contribution in [2.75, 3.05) is 26.3 Å². The van der Waals surface area contributed by atoms with Crippen LogP contribution >= 0.6 is 0 Å². The summed E-state index contributed by atoms with van der Waals surface area (Å²) in [6.45, 7) is -2.47. The van der Waals surface area contributed by atoms with Crippen molar-refractivity contribution in [3.8, 4) is 0 Å². The van der Waals surface area contributed by atoms with E-state index >= 15 is 0 Å². The molecule has 2 amide bonds. The zero-order valence-electron chi connectivity index (χ0n) is 8.82. The fourth-order valence-corrected chi connectivity index (χ4v) is 0.725. The Kier molecular flexibility index (Phi) is 6.76. The highest BCUT2D eigenvalue weighted by Crippen LogP contribution is 2.15. The molecule has 0 aromatic heterocycles. The lowest BCUT2D eigenvalue weighted by molar-refractivity contribution is -0.324. The summed E-state index contributed by atoms with van der Waals surface area (Å²) in [6.07, 6.45) is -9.59. The molecule has 0 unspecified atom stereocenters. The van der Waals surface area contributed by atoms with Crippen LogP contribution in [0, 0.1) is 0 Å². The summed E-state index contributed by atoms with van der Waals surface area (Å²) in [4.78, 5) is 10.8. The van der Waals surface area contributed by atoms with E-state index in [1.807, 2.05) is 10.6 Å². The van der Waals surface area contributed by atoms with Crippen molar-refractivity contribution in [2.24, 2.45) is 0 Å². The van der Waals surface area contributed by atoms with Gasteiger partial charge in [-0.15, -0.1) is 26.3 Å². The molecule has 0 aromatic rings. The SMILES string of the molecule is O=C(NCCOC(F)(F)F)NCCOC(F)(F)F. The molecule has 0 spiro atoms. The van der Waals surface area contributed by atoms with Gasteiger partial charge in [-0.25, -0.2) is 4.79 Å². The Morgan fingerprint density at radius 2 is 1.17 bits per heavy atom. The highest BCUT2D eigenvalue weighted by molar-refractivity contribution is 5.73. The topological polar surface area (TPSA) is 59.6 Å². The minimum absolute atomic E-state index is 0.439. The average Bonchev–Trinajstić information content (AvgIpc) is 2.17. The molecule has 0 radical (unpaired) electrons. The van der Waals surface area contributed by atoms with Gasteiger partial charge in [-0.05, 0) is 0 Å². The maximum absolute atomic E-state index is 11.5. The van der Waals surface area contributed by atoms with Crippen LogP contribution in [0.4, 0.5) is 31.1 Å². The van der Waals surface area contributed by atoms with Crippen molar-refractivity contribution in [2.45, 2.75) is 12.7 Å². The van der Waals surface area contributed by atoms with Gasteiger partial charge in [0.25, 0.3) is 0 Å². The standard InChI is InChI=1S/C7H10F6N2O3/c8-6(9,10)17-3-1-14-5(16)15-2-4-18-7(11,12)13/h1-4H2,(H2,14,15,16). The molecule has 0 aliphatic carbocycles. The molecule has 0 aliphatic heterocycles. The summed E-state index contributed by atoms with van der Waals surface area (Å²) in [7, 11) is 0. The van der Waals surface area contributed by atoms with Crippen LogP contribution in [0.25, 0.3) is 0 Å². The number of carbonyl (C=O) groups is 1. The van der Waals surface area contributed by atoms with E-state index in [1.165, 1.54) is 0 Å². The smallest absolute Gasteiger partial charge is 0.336 e. The van der Waals surface area contributed by atoms with Gasteiger partial charge in [0.2, 0.25) is 0 Å². The van der Waals surface area contributed by atoms with E-state index < -0.39 is 45.1 Å². The molecule has 0 saturated heterocycles.